The lowest BCUT2D eigenvalue weighted by Gasteiger charge is -2.34. The highest BCUT2D eigenvalue weighted by molar-refractivity contribution is 5.78. The molecule has 1 aliphatic heterocycles. The van der Waals surface area contributed by atoms with Crippen LogP contribution in [0.25, 0.3) is 0 Å². The Morgan fingerprint density at radius 3 is 2.58 bits per heavy atom. The Kier molecular flexibility index (Phi) is 5.51. The van der Waals surface area contributed by atoms with E-state index in [0.29, 0.717) is 26.2 Å². The maximum Gasteiger partial charge on any atom is 0.223 e. The van der Waals surface area contributed by atoms with E-state index in [4.69, 9.17) is 4.74 Å². The summed E-state index contributed by atoms with van der Waals surface area (Å²) in [6, 6.07) is 6.43. The Morgan fingerprint density at radius 2 is 1.96 bits per heavy atom. The Labute approximate surface area is 142 Å². The van der Waals surface area contributed by atoms with Gasteiger partial charge in [-0.2, -0.15) is 0 Å². The molecule has 1 saturated heterocycles. The van der Waals surface area contributed by atoms with Crippen molar-refractivity contribution in [3.63, 3.8) is 0 Å². The number of aliphatic hydroxyl groups is 1. The molecule has 2 atom stereocenters. The first-order valence-electron chi connectivity index (χ1n) is 8.87. The van der Waals surface area contributed by atoms with Gasteiger partial charge >= 0.3 is 0 Å². The van der Waals surface area contributed by atoms with Crippen LogP contribution >= 0.6 is 0 Å². The number of hydrogen-bond acceptors (Lipinski definition) is 3. The Balaban J connectivity index is 1.65. The number of benzene rings is 1. The average Bonchev–Trinajstić information content (AvgIpc) is 2.96. The average molecular weight is 335 g/mol. The summed E-state index contributed by atoms with van der Waals surface area (Å²) in [5.74, 6) is -0.177. The summed E-state index contributed by atoms with van der Waals surface area (Å²) in [4.78, 5) is 12.4. The molecule has 0 spiro atoms. The minimum Gasteiger partial charge on any atom is -0.392 e. The van der Waals surface area contributed by atoms with Crippen LogP contribution < -0.4 is 5.32 Å². The summed E-state index contributed by atoms with van der Waals surface area (Å²) in [6.45, 7) is 1.75. The van der Waals surface area contributed by atoms with Crippen LogP contribution in [-0.4, -0.2) is 36.9 Å². The molecule has 1 heterocycles. The van der Waals surface area contributed by atoms with Gasteiger partial charge in [-0.25, -0.2) is 4.39 Å². The van der Waals surface area contributed by atoms with Crippen LogP contribution in [0, 0.1) is 17.2 Å². The van der Waals surface area contributed by atoms with E-state index in [2.05, 4.69) is 5.32 Å². The summed E-state index contributed by atoms with van der Waals surface area (Å²) in [6.07, 6.45) is 4.34. The topological polar surface area (TPSA) is 58.6 Å². The van der Waals surface area contributed by atoms with Crippen molar-refractivity contribution in [2.75, 3.05) is 19.8 Å². The molecule has 1 aromatic carbocycles. The van der Waals surface area contributed by atoms with Crippen molar-refractivity contribution in [1.29, 1.82) is 0 Å². The van der Waals surface area contributed by atoms with E-state index in [0.717, 1.165) is 37.7 Å². The van der Waals surface area contributed by atoms with E-state index in [9.17, 15) is 14.3 Å². The van der Waals surface area contributed by atoms with Crippen molar-refractivity contribution in [2.45, 2.75) is 44.6 Å². The van der Waals surface area contributed by atoms with E-state index in [-0.39, 0.29) is 23.1 Å². The third-order valence-electron chi connectivity index (χ3n) is 5.54. The number of nitrogens with one attached hydrogen (secondary N) is 1. The molecule has 24 heavy (non-hydrogen) atoms. The number of amides is 1. The lowest BCUT2D eigenvalue weighted by molar-refractivity contribution is -0.128. The predicted octanol–water partition coefficient (Wildman–Crippen LogP) is 2.44. The van der Waals surface area contributed by atoms with Gasteiger partial charge in [0.05, 0.1) is 6.10 Å². The maximum absolute atomic E-state index is 13.1. The summed E-state index contributed by atoms with van der Waals surface area (Å²) >= 11 is 0. The normalized spacial score (nSPS) is 28.0. The van der Waals surface area contributed by atoms with E-state index in [1.54, 1.807) is 12.1 Å². The van der Waals surface area contributed by atoms with Gasteiger partial charge in [0.2, 0.25) is 5.91 Å². The second-order valence-corrected chi connectivity index (χ2v) is 7.18. The Morgan fingerprint density at radius 1 is 1.25 bits per heavy atom. The van der Waals surface area contributed by atoms with Crippen molar-refractivity contribution < 1.29 is 19.0 Å². The van der Waals surface area contributed by atoms with Crippen LogP contribution in [-0.2, 0) is 16.0 Å². The van der Waals surface area contributed by atoms with E-state index in [1.807, 2.05) is 0 Å². The summed E-state index contributed by atoms with van der Waals surface area (Å²) in [5.41, 5.74) is 0.649. The first-order valence-corrected chi connectivity index (χ1v) is 8.87. The first-order chi connectivity index (χ1) is 11.6. The number of rotatable bonds is 5. The molecule has 132 valence electrons. The van der Waals surface area contributed by atoms with Gasteiger partial charge in [-0.3, -0.25) is 4.79 Å². The highest BCUT2D eigenvalue weighted by atomic mass is 19.1. The fraction of sp³-hybridized carbons (Fsp3) is 0.632. The van der Waals surface area contributed by atoms with Gasteiger partial charge in [-0.05, 0) is 49.8 Å². The van der Waals surface area contributed by atoms with Crippen LogP contribution in [0.5, 0.6) is 0 Å². The Hall–Kier alpha value is -1.46. The molecule has 0 radical (unpaired) electrons. The van der Waals surface area contributed by atoms with Gasteiger partial charge in [0.25, 0.3) is 0 Å². The zero-order valence-electron chi connectivity index (χ0n) is 14.0. The van der Waals surface area contributed by atoms with Crippen LogP contribution in [0.1, 0.15) is 37.7 Å². The van der Waals surface area contributed by atoms with E-state index < -0.39 is 6.10 Å². The number of halogens is 1. The molecule has 2 aliphatic rings. The molecule has 2 fully saturated rings. The lowest BCUT2D eigenvalue weighted by atomic mass is 9.78. The monoisotopic (exact) mass is 335 g/mol. The van der Waals surface area contributed by atoms with Crippen LogP contribution in [0.4, 0.5) is 4.39 Å². The van der Waals surface area contributed by atoms with Gasteiger partial charge in [0.1, 0.15) is 5.82 Å². The standard InChI is InChI=1S/C19H26FNO3/c20-16-5-3-14(4-6-16)12-19(9-1-2-17(19)22)13-21-18(23)15-7-10-24-11-8-15/h3-6,15,17,22H,1-2,7-13H2,(H,21,23)/t17-,19-/m1/s1. The molecule has 1 aromatic rings. The SMILES string of the molecule is O=C(NC[C@]1(Cc2ccc(F)cc2)CCC[C@H]1O)C1CCOCC1. The van der Waals surface area contributed by atoms with Gasteiger partial charge in [-0.15, -0.1) is 0 Å². The molecule has 0 bridgehead atoms. The summed E-state index contributed by atoms with van der Waals surface area (Å²) in [7, 11) is 0. The fourth-order valence-electron chi connectivity index (χ4n) is 3.97. The largest absolute Gasteiger partial charge is 0.392 e. The minimum absolute atomic E-state index is 0.0140. The number of carbonyl (C=O) groups is 1. The molecule has 2 N–H and O–H groups in total. The van der Waals surface area contributed by atoms with Crippen LogP contribution in [0.3, 0.4) is 0 Å². The molecule has 3 rings (SSSR count). The first kappa shape index (κ1) is 17.4. The van der Waals surface area contributed by atoms with Crippen molar-refractivity contribution >= 4 is 5.91 Å². The van der Waals surface area contributed by atoms with Crippen molar-refractivity contribution in [2.24, 2.45) is 11.3 Å². The quantitative estimate of drug-likeness (QED) is 0.869. The summed E-state index contributed by atoms with van der Waals surface area (Å²) < 4.78 is 18.4. The Bertz CT molecular complexity index is 556. The molecule has 1 amide bonds. The highest BCUT2D eigenvalue weighted by Crippen LogP contribution is 2.41. The van der Waals surface area contributed by atoms with Crippen LogP contribution in [0.2, 0.25) is 0 Å². The molecule has 1 saturated carbocycles. The van der Waals surface area contributed by atoms with Crippen molar-refractivity contribution in [3.05, 3.63) is 35.6 Å². The molecular formula is C19H26FNO3. The van der Waals surface area contributed by atoms with Gasteiger partial charge in [0, 0.05) is 31.1 Å². The van der Waals surface area contributed by atoms with E-state index in [1.165, 1.54) is 12.1 Å². The lowest BCUT2D eigenvalue weighted by Crippen LogP contribution is -2.46. The zero-order valence-corrected chi connectivity index (χ0v) is 14.0. The fourth-order valence-corrected chi connectivity index (χ4v) is 3.97. The number of ether oxygens (including phenoxy) is 1. The second-order valence-electron chi connectivity index (χ2n) is 7.18. The summed E-state index contributed by atoms with van der Waals surface area (Å²) in [5, 5.41) is 13.6. The second kappa shape index (κ2) is 7.62. The molecule has 4 nitrogen and oxygen atoms in total. The van der Waals surface area contributed by atoms with Gasteiger partial charge < -0.3 is 15.2 Å². The molecule has 0 aromatic heterocycles. The third kappa shape index (κ3) is 3.95. The van der Waals surface area contributed by atoms with E-state index >= 15 is 0 Å². The molecule has 0 unspecified atom stereocenters. The molecular weight excluding hydrogens is 309 g/mol. The number of hydrogen-bond donors (Lipinski definition) is 2. The van der Waals surface area contributed by atoms with Gasteiger partial charge in [0.15, 0.2) is 0 Å². The minimum atomic E-state index is -0.433. The highest BCUT2D eigenvalue weighted by Gasteiger charge is 2.42. The zero-order chi connectivity index (χ0) is 17.0. The number of aliphatic hydroxyl groups excluding tert-OH is 1. The third-order valence-corrected chi connectivity index (χ3v) is 5.54. The van der Waals surface area contributed by atoms with Gasteiger partial charge in [-0.1, -0.05) is 18.6 Å². The predicted molar refractivity (Wildman–Crippen MR) is 88.9 cm³/mol. The molecule has 5 heteroatoms. The van der Waals surface area contributed by atoms with Crippen LogP contribution in [0.15, 0.2) is 24.3 Å². The number of carbonyl (C=O) groups excluding carboxylic acids is 1. The van der Waals surface area contributed by atoms with Crippen molar-refractivity contribution in [3.8, 4) is 0 Å². The smallest absolute Gasteiger partial charge is 0.223 e. The van der Waals surface area contributed by atoms with Crippen molar-refractivity contribution in [1.82, 2.24) is 5.32 Å². The molecule has 1 aliphatic carbocycles. The maximum atomic E-state index is 13.1.